The van der Waals surface area contributed by atoms with E-state index < -0.39 is 27.0 Å². The summed E-state index contributed by atoms with van der Waals surface area (Å²) < 4.78 is 66.0. The number of piperidine rings is 1. The number of rotatable bonds is 4. The van der Waals surface area contributed by atoms with Crippen LogP contribution in [-0.4, -0.2) is 44.4 Å². The van der Waals surface area contributed by atoms with E-state index in [2.05, 4.69) is 20.2 Å². The first-order valence-corrected chi connectivity index (χ1v) is 7.89. The van der Waals surface area contributed by atoms with Gasteiger partial charge in [0, 0.05) is 25.0 Å². The molecule has 0 aromatic carbocycles. The van der Waals surface area contributed by atoms with Crippen LogP contribution in [0.3, 0.4) is 0 Å². The lowest BCUT2D eigenvalue weighted by atomic mass is 9.96. The molecular weight excluding hydrogens is 309 g/mol. The number of aromatic amines is 1. The topological polar surface area (TPSA) is 86.9 Å². The number of nitrogens with zero attached hydrogens (tertiary/aromatic N) is 1. The molecule has 1 aliphatic carbocycles. The predicted octanol–water partition coefficient (Wildman–Crippen LogP) is 0.538. The zero-order valence-corrected chi connectivity index (χ0v) is 12.0. The van der Waals surface area contributed by atoms with Crippen molar-refractivity contribution in [2.45, 2.75) is 24.4 Å². The molecule has 1 aromatic rings. The molecule has 10 heteroatoms. The molecule has 118 valence electrons. The van der Waals surface area contributed by atoms with Gasteiger partial charge in [-0.3, -0.25) is 5.10 Å². The van der Waals surface area contributed by atoms with Crippen LogP contribution in [0.1, 0.15) is 12.1 Å². The zero-order chi connectivity index (χ0) is 15.5. The Kier molecular flexibility index (Phi) is 2.96. The van der Waals surface area contributed by atoms with Crippen LogP contribution in [0.25, 0.3) is 0 Å². The van der Waals surface area contributed by atoms with E-state index in [9.17, 15) is 21.6 Å². The fourth-order valence-corrected chi connectivity index (χ4v) is 4.51. The van der Waals surface area contributed by atoms with E-state index in [0.29, 0.717) is 5.69 Å². The second kappa shape index (κ2) is 4.20. The molecule has 0 amide bonds. The predicted molar refractivity (Wildman–Crippen MR) is 66.9 cm³/mol. The summed E-state index contributed by atoms with van der Waals surface area (Å²) in [5.74, 6) is 0. The number of hydrogen-bond acceptors (Lipinski definition) is 4. The number of hydrogen-bond donors (Lipinski definition) is 3. The van der Waals surface area contributed by atoms with Crippen LogP contribution >= 0.6 is 0 Å². The smallest absolute Gasteiger partial charge is 0.315 e. The fraction of sp³-hybridized carbons (Fsp3) is 0.727. The molecule has 1 aliphatic heterocycles. The summed E-state index contributed by atoms with van der Waals surface area (Å²) in [7, 11) is -3.86. The van der Waals surface area contributed by atoms with Gasteiger partial charge in [0.05, 0.1) is 17.3 Å². The van der Waals surface area contributed by atoms with E-state index in [-0.39, 0.29) is 31.0 Å². The maximum absolute atomic E-state index is 13.2. The molecule has 1 saturated carbocycles. The molecule has 1 aromatic heterocycles. The van der Waals surface area contributed by atoms with Crippen LogP contribution in [0.15, 0.2) is 11.1 Å². The number of nitrogens with one attached hydrogen (secondary N) is 3. The summed E-state index contributed by atoms with van der Waals surface area (Å²) in [6.07, 6.45) is -3.22. The van der Waals surface area contributed by atoms with Crippen LogP contribution in [-0.2, 0) is 10.0 Å². The Morgan fingerprint density at radius 3 is 2.67 bits per heavy atom. The first kappa shape index (κ1) is 14.8. The van der Waals surface area contributed by atoms with E-state index in [4.69, 9.17) is 0 Å². The van der Waals surface area contributed by atoms with Crippen LogP contribution < -0.4 is 10.0 Å². The third-order valence-corrected chi connectivity index (χ3v) is 6.15. The first-order valence-electron chi connectivity index (χ1n) is 6.41. The van der Waals surface area contributed by atoms with Crippen molar-refractivity contribution in [3.8, 4) is 0 Å². The molecule has 3 rings (SSSR count). The highest BCUT2D eigenvalue weighted by Gasteiger charge is 2.81. The average molecular weight is 324 g/mol. The number of sulfonamides is 1. The van der Waals surface area contributed by atoms with E-state index >= 15 is 0 Å². The second-order valence-corrected chi connectivity index (χ2v) is 7.56. The van der Waals surface area contributed by atoms with Crippen LogP contribution in [0.4, 0.5) is 13.2 Å². The van der Waals surface area contributed by atoms with Crippen molar-refractivity contribution in [1.29, 1.82) is 0 Å². The van der Waals surface area contributed by atoms with Crippen molar-refractivity contribution in [2.75, 3.05) is 19.6 Å². The standard InChI is InChI=1S/C11H15F3N4O2S/c1-7-8(2-16-18-7)21(19,20)17-5-9-3-10(9,6-15-4-9)11(12,13)14/h2,15,17H,3-6H2,1H3,(H,16,18)/t9-,10-/m1/s1. The van der Waals surface area contributed by atoms with E-state index in [1.165, 1.54) is 6.92 Å². The number of H-pyrrole nitrogens is 1. The molecule has 2 aliphatic rings. The van der Waals surface area contributed by atoms with Crippen molar-refractivity contribution < 1.29 is 21.6 Å². The van der Waals surface area contributed by atoms with Crippen LogP contribution in [0.2, 0.25) is 0 Å². The van der Waals surface area contributed by atoms with E-state index in [1.807, 2.05) is 0 Å². The van der Waals surface area contributed by atoms with Gasteiger partial charge in [-0.15, -0.1) is 0 Å². The Morgan fingerprint density at radius 2 is 2.14 bits per heavy atom. The van der Waals surface area contributed by atoms with Gasteiger partial charge in [-0.25, -0.2) is 13.1 Å². The minimum atomic E-state index is -4.33. The van der Waals surface area contributed by atoms with E-state index in [1.54, 1.807) is 0 Å². The minimum Gasteiger partial charge on any atom is -0.315 e. The van der Waals surface area contributed by atoms with Crippen molar-refractivity contribution in [2.24, 2.45) is 10.8 Å². The highest BCUT2D eigenvalue weighted by Crippen LogP contribution is 2.72. The Hall–Kier alpha value is -1.13. The molecule has 6 nitrogen and oxygen atoms in total. The van der Waals surface area contributed by atoms with Crippen LogP contribution in [0.5, 0.6) is 0 Å². The average Bonchev–Trinajstić information content (AvgIpc) is 2.71. The Labute approximate surface area is 119 Å². The molecule has 0 radical (unpaired) electrons. The number of aryl methyl sites for hydroxylation is 1. The van der Waals surface area contributed by atoms with Gasteiger partial charge in [-0.2, -0.15) is 18.3 Å². The van der Waals surface area contributed by atoms with Gasteiger partial charge < -0.3 is 5.32 Å². The van der Waals surface area contributed by atoms with Crippen molar-refractivity contribution >= 4 is 10.0 Å². The lowest BCUT2D eigenvalue weighted by Gasteiger charge is -2.20. The molecule has 0 unspecified atom stereocenters. The molecule has 0 bridgehead atoms. The lowest BCUT2D eigenvalue weighted by Crippen LogP contribution is -2.37. The largest absolute Gasteiger partial charge is 0.396 e. The molecule has 0 spiro atoms. The first-order chi connectivity index (χ1) is 9.64. The number of aromatic nitrogens is 2. The third kappa shape index (κ3) is 2.00. The molecular formula is C11H15F3N4O2S. The number of halogens is 3. The molecule has 2 heterocycles. The quantitative estimate of drug-likeness (QED) is 0.754. The molecule has 3 N–H and O–H groups in total. The summed E-state index contributed by atoms with van der Waals surface area (Å²) in [4.78, 5) is -0.0388. The van der Waals surface area contributed by atoms with Gasteiger partial charge in [0.25, 0.3) is 0 Å². The Balaban J connectivity index is 1.77. The summed E-state index contributed by atoms with van der Waals surface area (Å²) >= 11 is 0. The number of fused-ring (bicyclic) bond motifs is 1. The van der Waals surface area contributed by atoms with Crippen molar-refractivity contribution in [3.05, 3.63) is 11.9 Å². The van der Waals surface area contributed by atoms with Gasteiger partial charge >= 0.3 is 6.18 Å². The summed E-state index contributed by atoms with van der Waals surface area (Å²) in [6, 6.07) is 0. The summed E-state index contributed by atoms with van der Waals surface area (Å²) in [5.41, 5.74) is -2.52. The number of alkyl halides is 3. The summed E-state index contributed by atoms with van der Waals surface area (Å²) in [6.45, 7) is 1.32. The molecule has 2 fully saturated rings. The van der Waals surface area contributed by atoms with Gasteiger partial charge in [-0.05, 0) is 13.3 Å². The van der Waals surface area contributed by atoms with Crippen LogP contribution in [0, 0.1) is 17.8 Å². The SMILES string of the molecule is Cc1[nH]ncc1S(=O)(=O)NC[C@@]12CNC[C@]1(C(F)(F)F)C2. The third-order valence-electron chi connectivity index (χ3n) is 4.64. The van der Waals surface area contributed by atoms with Gasteiger partial charge in [0.1, 0.15) is 4.90 Å². The monoisotopic (exact) mass is 324 g/mol. The second-order valence-electron chi connectivity index (χ2n) is 5.82. The Morgan fingerprint density at radius 1 is 1.43 bits per heavy atom. The van der Waals surface area contributed by atoms with E-state index in [0.717, 1.165) is 6.20 Å². The highest BCUT2D eigenvalue weighted by atomic mass is 32.2. The maximum atomic E-state index is 13.2. The minimum absolute atomic E-state index is 0.0383. The molecule has 1 saturated heterocycles. The fourth-order valence-electron chi connectivity index (χ4n) is 3.25. The normalized spacial score (nSPS) is 32.2. The molecule has 21 heavy (non-hydrogen) atoms. The molecule has 2 atom stereocenters. The Bertz CT molecular complexity index is 671. The van der Waals surface area contributed by atoms with Gasteiger partial charge in [0.2, 0.25) is 10.0 Å². The lowest BCUT2D eigenvalue weighted by molar-refractivity contribution is -0.190. The maximum Gasteiger partial charge on any atom is 0.396 e. The van der Waals surface area contributed by atoms with Crippen molar-refractivity contribution in [1.82, 2.24) is 20.2 Å². The zero-order valence-electron chi connectivity index (χ0n) is 11.2. The van der Waals surface area contributed by atoms with Crippen molar-refractivity contribution in [3.63, 3.8) is 0 Å². The van der Waals surface area contributed by atoms with Gasteiger partial charge in [0.15, 0.2) is 0 Å². The summed E-state index contributed by atoms with van der Waals surface area (Å²) in [5, 5.41) is 8.82. The highest BCUT2D eigenvalue weighted by molar-refractivity contribution is 7.89. The van der Waals surface area contributed by atoms with Gasteiger partial charge in [-0.1, -0.05) is 0 Å².